The third-order valence-corrected chi connectivity index (χ3v) is 5.32. The van der Waals surface area contributed by atoms with E-state index in [0.717, 1.165) is 36.6 Å². The number of nitrogens with zero attached hydrogens (tertiary/aromatic N) is 5. The predicted molar refractivity (Wildman–Crippen MR) is 106 cm³/mol. The highest BCUT2D eigenvalue weighted by molar-refractivity contribution is 7.13. The first-order valence-electron chi connectivity index (χ1n) is 9.10. The molecule has 1 amide bonds. The van der Waals surface area contributed by atoms with Gasteiger partial charge in [0.15, 0.2) is 0 Å². The fourth-order valence-electron chi connectivity index (χ4n) is 2.86. The van der Waals surface area contributed by atoms with Crippen LogP contribution in [0.3, 0.4) is 0 Å². The van der Waals surface area contributed by atoms with Crippen LogP contribution in [-0.2, 0) is 11.3 Å². The van der Waals surface area contributed by atoms with Gasteiger partial charge in [-0.1, -0.05) is 19.9 Å². The van der Waals surface area contributed by atoms with E-state index < -0.39 is 0 Å². The molecule has 0 aliphatic heterocycles. The molecule has 0 radical (unpaired) electrons. The summed E-state index contributed by atoms with van der Waals surface area (Å²) in [6.45, 7) is 7.68. The Kier molecular flexibility index (Phi) is 6.36. The molecule has 3 aromatic rings. The maximum atomic E-state index is 12.6. The Morgan fingerprint density at radius 1 is 1.33 bits per heavy atom. The minimum Gasteiger partial charge on any atom is -0.354 e. The molecule has 0 saturated carbocycles. The molecule has 144 valence electrons. The number of amides is 1. The van der Waals surface area contributed by atoms with Crippen LogP contribution >= 0.6 is 11.3 Å². The van der Waals surface area contributed by atoms with Crippen LogP contribution in [0.4, 0.5) is 0 Å². The average molecular weight is 388 g/mol. The molecule has 0 bridgehead atoms. The summed E-state index contributed by atoms with van der Waals surface area (Å²) < 4.78 is 2.63. The van der Waals surface area contributed by atoms with Gasteiger partial charge in [0.05, 0.1) is 4.88 Å². The number of carbonyl (C=O) groups excluding carboxylic acids is 1. The summed E-state index contributed by atoms with van der Waals surface area (Å²) in [5, 5.41) is 13.2. The number of nitrogens with one attached hydrogen (secondary N) is 1. The summed E-state index contributed by atoms with van der Waals surface area (Å²) in [6, 6.07) is 5.61. The van der Waals surface area contributed by atoms with Crippen molar-refractivity contribution in [2.45, 2.75) is 26.8 Å². The number of carbonyl (C=O) groups is 1. The van der Waals surface area contributed by atoms with Crippen molar-refractivity contribution in [3.8, 4) is 10.6 Å². The first-order chi connectivity index (χ1) is 13.1. The zero-order chi connectivity index (χ0) is 19.2. The Morgan fingerprint density at radius 2 is 2.15 bits per heavy atom. The summed E-state index contributed by atoms with van der Waals surface area (Å²) in [5.74, 6) is -0.216. The number of aromatic nitrogens is 4. The number of fused-ring (bicyclic) bond motifs is 1. The number of rotatable bonds is 9. The van der Waals surface area contributed by atoms with Crippen LogP contribution in [-0.4, -0.2) is 56.4 Å². The molecule has 0 spiro atoms. The van der Waals surface area contributed by atoms with Crippen molar-refractivity contribution in [1.82, 2.24) is 29.6 Å². The first-order valence-corrected chi connectivity index (χ1v) is 9.98. The Morgan fingerprint density at radius 3 is 2.85 bits per heavy atom. The molecule has 0 aliphatic carbocycles. The zero-order valence-electron chi connectivity index (χ0n) is 15.6. The molecular formula is C18H24N6O2S. The standard InChI is InChI=1S/C18H24N6O2S/c1-3-22(4-2)9-6-8-19-17(25)12-23-18(26)15-11-14(16-7-5-10-27-16)21-24(15)13-20-23/h5,7,10-11,13H,3-4,6,8-9,12H2,1-2H3,(H,19,25). The van der Waals surface area contributed by atoms with E-state index in [1.54, 1.807) is 17.4 Å². The van der Waals surface area contributed by atoms with Crippen LogP contribution in [0, 0.1) is 0 Å². The van der Waals surface area contributed by atoms with Gasteiger partial charge >= 0.3 is 0 Å². The average Bonchev–Trinajstić information content (AvgIpc) is 3.34. The maximum absolute atomic E-state index is 12.6. The lowest BCUT2D eigenvalue weighted by Crippen LogP contribution is -2.35. The predicted octanol–water partition coefficient (Wildman–Crippen LogP) is 1.47. The van der Waals surface area contributed by atoms with Gasteiger partial charge in [0.1, 0.15) is 24.1 Å². The second-order valence-corrected chi connectivity index (χ2v) is 7.11. The van der Waals surface area contributed by atoms with E-state index in [-0.39, 0.29) is 18.0 Å². The fourth-order valence-corrected chi connectivity index (χ4v) is 3.54. The van der Waals surface area contributed by atoms with Gasteiger partial charge in [0, 0.05) is 6.54 Å². The lowest BCUT2D eigenvalue weighted by molar-refractivity contribution is -0.121. The number of hydrogen-bond acceptors (Lipinski definition) is 6. The minimum absolute atomic E-state index is 0.0971. The highest BCUT2D eigenvalue weighted by Gasteiger charge is 2.12. The van der Waals surface area contributed by atoms with Crippen molar-refractivity contribution in [1.29, 1.82) is 0 Å². The van der Waals surface area contributed by atoms with Gasteiger partial charge in [0.25, 0.3) is 5.56 Å². The van der Waals surface area contributed by atoms with Gasteiger partial charge in [-0.15, -0.1) is 11.3 Å². The van der Waals surface area contributed by atoms with Crippen LogP contribution in [0.25, 0.3) is 16.1 Å². The largest absolute Gasteiger partial charge is 0.354 e. The van der Waals surface area contributed by atoms with E-state index in [9.17, 15) is 9.59 Å². The van der Waals surface area contributed by atoms with Gasteiger partial charge in [-0.2, -0.15) is 10.2 Å². The van der Waals surface area contributed by atoms with Crippen molar-refractivity contribution in [3.05, 3.63) is 40.3 Å². The van der Waals surface area contributed by atoms with Crippen LogP contribution in [0.15, 0.2) is 34.7 Å². The normalized spacial score (nSPS) is 11.4. The van der Waals surface area contributed by atoms with Crippen molar-refractivity contribution in [3.63, 3.8) is 0 Å². The van der Waals surface area contributed by atoms with Crippen molar-refractivity contribution in [2.75, 3.05) is 26.2 Å². The lowest BCUT2D eigenvalue weighted by Gasteiger charge is -2.17. The van der Waals surface area contributed by atoms with E-state index in [4.69, 9.17) is 0 Å². The third kappa shape index (κ3) is 4.61. The van der Waals surface area contributed by atoms with E-state index >= 15 is 0 Å². The maximum Gasteiger partial charge on any atom is 0.293 e. The lowest BCUT2D eigenvalue weighted by atomic mass is 10.3. The van der Waals surface area contributed by atoms with Crippen LogP contribution in [0.5, 0.6) is 0 Å². The van der Waals surface area contributed by atoms with E-state index in [2.05, 4.69) is 34.3 Å². The molecule has 3 heterocycles. The molecule has 0 aliphatic rings. The van der Waals surface area contributed by atoms with Gasteiger partial charge < -0.3 is 10.2 Å². The van der Waals surface area contributed by atoms with E-state index in [0.29, 0.717) is 12.1 Å². The summed E-state index contributed by atoms with van der Waals surface area (Å²) in [5.41, 5.74) is 0.802. The van der Waals surface area contributed by atoms with Gasteiger partial charge in [-0.3, -0.25) is 9.59 Å². The minimum atomic E-state index is -0.328. The van der Waals surface area contributed by atoms with Crippen molar-refractivity contribution in [2.24, 2.45) is 0 Å². The summed E-state index contributed by atoms with van der Waals surface area (Å²) in [7, 11) is 0. The highest BCUT2D eigenvalue weighted by Crippen LogP contribution is 2.23. The summed E-state index contributed by atoms with van der Waals surface area (Å²) >= 11 is 1.56. The quantitative estimate of drug-likeness (QED) is 0.561. The molecule has 0 fully saturated rings. The Labute approximate surface area is 161 Å². The number of hydrogen-bond donors (Lipinski definition) is 1. The molecule has 0 atom stereocenters. The van der Waals surface area contributed by atoms with Crippen molar-refractivity contribution >= 4 is 22.8 Å². The van der Waals surface area contributed by atoms with Gasteiger partial charge in [0.2, 0.25) is 5.91 Å². The number of thiophene rings is 1. The Balaban J connectivity index is 1.62. The first kappa shape index (κ1) is 19.2. The molecule has 3 rings (SSSR count). The summed E-state index contributed by atoms with van der Waals surface area (Å²) in [4.78, 5) is 28.0. The monoisotopic (exact) mass is 388 g/mol. The van der Waals surface area contributed by atoms with Gasteiger partial charge in [-0.05, 0) is 43.6 Å². The highest BCUT2D eigenvalue weighted by atomic mass is 32.1. The Hall–Kier alpha value is -2.52. The van der Waals surface area contributed by atoms with Crippen LogP contribution in [0.2, 0.25) is 0 Å². The van der Waals surface area contributed by atoms with Crippen molar-refractivity contribution < 1.29 is 4.79 Å². The molecule has 9 heteroatoms. The van der Waals surface area contributed by atoms with E-state index in [1.807, 2.05) is 17.5 Å². The third-order valence-electron chi connectivity index (χ3n) is 4.42. The van der Waals surface area contributed by atoms with E-state index in [1.165, 1.54) is 15.5 Å². The summed E-state index contributed by atoms with van der Waals surface area (Å²) in [6.07, 6.45) is 2.34. The molecule has 3 aromatic heterocycles. The molecule has 0 saturated heterocycles. The fraction of sp³-hybridized carbons (Fsp3) is 0.444. The molecule has 27 heavy (non-hydrogen) atoms. The topological polar surface area (TPSA) is 84.5 Å². The second-order valence-electron chi connectivity index (χ2n) is 6.16. The molecule has 0 unspecified atom stereocenters. The molecule has 0 aromatic carbocycles. The van der Waals surface area contributed by atoms with Crippen LogP contribution in [0.1, 0.15) is 20.3 Å². The second kappa shape index (κ2) is 8.92. The van der Waals surface area contributed by atoms with Gasteiger partial charge in [-0.25, -0.2) is 9.20 Å². The SMILES string of the molecule is CCN(CC)CCCNC(=O)Cn1ncn2nc(-c3cccs3)cc2c1=O. The Bertz CT molecular complexity index is 943. The molecule has 8 nitrogen and oxygen atoms in total. The van der Waals surface area contributed by atoms with Crippen LogP contribution < -0.4 is 10.9 Å². The molecule has 1 N–H and O–H groups in total. The molecular weight excluding hydrogens is 364 g/mol. The smallest absolute Gasteiger partial charge is 0.293 e. The zero-order valence-corrected chi connectivity index (χ0v) is 16.4.